The topological polar surface area (TPSA) is 89.7 Å². The van der Waals surface area contributed by atoms with E-state index in [2.05, 4.69) is 0 Å². The number of benzene rings is 1. The summed E-state index contributed by atoms with van der Waals surface area (Å²) in [5.74, 6) is -2.23. The largest absolute Gasteiger partial charge is 0.489 e. The third kappa shape index (κ3) is 4.03. The molecule has 1 aromatic rings. The SMILES string of the molecule is CN(C)S(=O)(=O)c1c(OC2CCC3(CCCCC3)CC2)ccc(C(N)=O)c1F. The molecule has 0 heterocycles. The Morgan fingerprint density at radius 2 is 1.75 bits per heavy atom. The summed E-state index contributed by atoms with van der Waals surface area (Å²) in [4.78, 5) is 10.9. The maximum Gasteiger partial charge on any atom is 0.251 e. The first-order valence-electron chi connectivity index (χ1n) is 9.88. The molecule has 0 aliphatic heterocycles. The first-order valence-corrected chi connectivity index (χ1v) is 11.3. The van der Waals surface area contributed by atoms with E-state index in [1.165, 1.54) is 58.3 Å². The molecule has 2 fully saturated rings. The summed E-state index contributed by atoms with van der Waals surface area (Å²) >= 11 is 0. The summed E-state index contributed by atoms with van der Waals surface area (Å²) in [6.45, 7) is 0. The Hall–Kier alpha value is -1.67. The molecule has 3 rings (SSSR count). The third-order valence-electron chi connectivity index (χ3n) is 6.27. The van der Waals surface area contributed by atoms with Gasteiger partial charge >= 0.3 is 0 Å². The lowest BCUT2D eigenvalue weighted by molar-refractivity contribution is 0.0506. The summed E-state index contributed by atoms with van der Waals surface area (Å²) in [5, 5.41) is 0. The highest BCUT2D eigenvalue weighted by Gasteiger charge is 2.38. The Balaban J connectivity index is 1.86. The van der Waals surface area contributed by atoms with Crippen molar-refractivity contribution in [3.8, 4) is 5.75 Å². The standard InChI is InChI=1S/C20H29FN2O4S/c1-23(2)28(25,26)18-16(7-6-15(17(18)21)19(22)24)27-14-8-12-20(13-9-14)10-4-3-5-11-20/h6-7,14H,3-5,8-13H2,1-2H3,(H2,22,24). The number of hydrogen-bond acceptors (Lipinski definition) is 4. The first-order chi connectivity index (χ1) is 13.2. The molecule has 156 valence electrons. The van der Waals surface area contributed by atoms with Gasteiger partial charge in [-0.15, -0.1) is 0 Å². The second kappa shape index (κ2) is 7.99. The van der Waals surface area contributed by atoms with Gasteiger partial charge in [0.2, 0.25) is 10.0 Å². The Morgan fingerprint density at radius 3 is 2.29 bits per heavy atom. The zero-order valence-electron chi connectivity index (χ0n) is 16.5. The van der Waals surface area contributed by atoms with E-state index in [0.717, 1.165) is 30.0 Å². The van der Waals surface area contributed by atoms with E-state index in [4.69, 9.17) is 10.5 Å². The van der Waals surface area contributed by atoms with Gasteiger partial charge in [0.05, 0.1) is 11.7 Å². The highest BCUT2D eigenvalue weighted by atomic mass is 32.2. The van der Waals surface area contributed by atoms with Crippen molar-refractivity contribution >= 4 is 15.9 Å². The lowest BCUT2D eigenvalue weighted by Crippen LogP contribution is -2.34. The fraction of sp³-hybridized carbons (Fsp3) is 0.650. The van der Waals surface area contributed by atoms with Gasteiger partial charge in [0, 0.05) is 14.1 Å². The van der Waals surface area contributed by atoms with E-state index >= 15 is 0 Å². The van der Waals surface area contributed by atoms with Crippen LogP contribution in [0.2, 0.25) is 0 Å². The molecule has 0 saturated heterocycles. The van der Waals surface area contributed by atoms with Crippen molar-refractivity contribution in [3.05, 3.63) is 23.5 Å². The van der Waals surface area contributed by atoms with Crippen molar-refractivity contribution in [2.45, 2.75) is 68.8 Å². The van der Waals surface area contributed by atoms with Gasteiger partial charge in [-0.25, -0.2) is 17.1 Å². The summed E-state index contributed by atoms with van der Waals surface area (Å²) in [6.07, 6.45) is 9.93. The van der Waals surface area contributed by atoms with E-state index in [-0.39, 0.29) is 11.9 Å². The van der Waals surface area contributed by atoms with Crippen molar-refractivity contribution in [1.29, 1.82) is 0 Å². The third-order valence-corrected chi connectivity index (χ3v) is 8.12. The normalized spacial score (nSPS) is 20.4. The summed E-state index contributed by atoms with van der Waals surface area (Å²) < 4.78 is 47.1. The number of carbonyl (C=O) groups is 1. The summed E-state index contributed by atoms with van der Waals surface area (Å²) in [5.41, 5.74) is 5.13. The van der Waals surface area contributed by atoms with Crippen LogP contribution < -0.4 is 10.5 Å². The second-order valence-electron chi connectivity index (χ2n) is 8.28. The number of rotatable bonds is 5. The molecule has 2 saturated carbocycles. The highest BCUT2D eigenvalue weighted by molar-refractivity contribution is 7.89. The lowest BCUT2D eigenvalue weighted by Gasteiger charge is -2.43. The van der Waals surface area contributed by atoms with E-state index in [1.807, 2.05) is 0 Å². The Bertz CT molecular complexity index is 838. The van der Waals surface area contributed by atoms with Crippen LogP contribution in [0.1, 0.15) is 68.1 Å². The minimum Gasteiger partial charge on any atom is -0.489 e. The molecule has 8 heteroatoms. The van der Waals surface area contributed by atoms with E-state index in [1.54, 1.807) is 0 Å². The van der Waals surface area contributed by atoms with Crippen LogP contribution in [-0.2, 0) is 10.0 Å². The number of halogens is 1. The monoisotopic (exact) mass is 412 g/mol. The Morgan fingerprint density at radius 1 is 1.14 bits per heavy atom. The number of ether oxygens (including phenoxy) is 1. The average molecular weight is 413 g/mol. The predicted octanol–water partition coefficient (Wildman–Crippen LogP) is 3.45. The molecule has 28 heavy (non-hydrogen) atoms. The molecule has 2 aliphatic rings. The van der Waals surface area contributed by atoms with Crippen LogP contribution in [0.25, 0.3) is 0 Å². The molecule has 0 atom stereocenters. The van der Waals surface area contributed by atoms with Crippen LogP contribution in [-0.4, -0.2) is 38.8 Å². The molecule has 1 amide bonds. The fourth-order valence-corrected chi connectivity index (χ4v) is 5.62. The average Bonchev–Trinajstić information content (AvgIpc) is 2.64. The number of hydrogen-bond donors (Lipinski definition) is 1. The van der Waals surface area contributed by atoms with Crippen molar-refractivity contribution < 1.29 is 22.3 Å². The minimum absolute atomic E-state index is 0.0548. The van der Waals surface area contributed by atoms with Gasteiger partial charge in [-0.3, -0.25) is 4.79 Å². The Kier molecular flexibility index (Phi) is 6.00. The molecule has 1 spiro atoms. The van der Waals surface area contributed by atoms with E-state index in [0.29, 0.717) is 5.41 Å². The molecular formula is C20H29FN2O4S. The molecule has 2 N–H and O–H groups in total. The number of nitrogens with zero attached hydrogens (tertiary/aromatic N) is 1. The maximum absolute atomic E-state index is 14.9. The van der Waals surface area contributed by atoms with Crippen LogP contribution >= 0.6 is 0 Å². The minimum atomic E-state index is -4.15. The lowest BCUT2D eigenvalue weighted by atomic mass is 9.65. The number of amides is 1. The zero-order chi connectivity index (χ0) is 20.5. The van der Waals surface area contributed by atoms with Gasteiger partial charge in [-0.1, -0.05) is 19.3 Å². The summed E-state index contributed by atoms with van der Waals surface area (Å²) in [6, 6.07) is 2.53. The van der Waals surface area contributed by atoms with Gasteiger partial charge in [-0.05, 0) is 56.1 Å². The van der Waals surface area contributed by atoms with E-state index in [9.17, 15) is 17.6 Å². The predicted molar refractivity (Wildman–Crippen MR) is 104 cm³/mol. The number of sulfonamides is 1. The second-order valence-corrected chi connectivity index (χ2v) is 10.4. The van der Waals surface area contributed by atoms with Gasteiger partial charge < -0.3 is 10.5 Å². The van der Waals surface area contributed by atoms with Crippen molar-refractivity contribution in [1.82, 2.24) is 4.31 Å². The number of primary amides is 1. The fourth-order valence-electron chi connectivity index (χ4n) is 4.55. The molecular weight excluding hydrogens is 383 g/mol. The molecule has 0 radical (unpaired) electrons. The summed E-state index contributed by atoms with van der Waals surface area (Å²) in [7, 11) is -1.53. The van der Waals surface area contributed by atoms with Crippen LogP contribution in [0.15, 0.2) is 17.0 Å². The molecule has 1 aromatic carbocycles. The molecule has 2 aliphatic carbocycles. The number of carbonyl (C=O) groups excluding carboxylic acids is 1. The van der Waals surface area contributed by atoms with Gasteiger partial charge in [0.15, 0.2) is 10.7 Å². The van der Waals surface area contributed by atoms with Gasteiger partial charge in [0.1, 0.15) is 5.75 Å². The zero-order valence-corrected chi connectivity index (χ0v) is 17.4. The number of nitrogens with two attached hydrogens (primary N) is 1. The Labute approximate surface area is 166 Å². The van der Waals surface area contributed by atoms with Crippen LogP contribution in [0, 0.1) is 11.2 Å². The molecule has 0 bridgehead atoms. The van der Waals surface area contributed by atoms with Gasteiger partial charge in [0.25, 0.3) is 5.91 Å². The van der Waals surface area contributed by atoms with Crippen LogP contribution in [0.5, 0.6) is 5.75 Å². The van der Waals surface area contributed by atoms with E-state index < -0.39 is 32.2 Å². The molecule has 0 aromatic heterocycles. The molecule has 0 unspecified atom stereocenters. The van der Waals surface area contributed by atoms with Crippen LogP contribution in [0.4, 0.5) is 4.39 Å². The van der Waals surface area contributed by atoms with Gasteiger partial charge in [-0.2, -0.15) is 0 Å². The van der Waals surface area contributed by atoms with Crippen molar-refractivity contribution in [2.24, 2.45) is 11.1 Å². The first kappa shape index (κ1) is 21.0. The van der Waals surface area contributed by atoms with Crippen molar-refractivity contribution in [2.75, 3.05) is 14.1 Å². The quantitative estimate of drug-likeness (QED) is 0.802. The maximum atomic E-state index is 14.9. The smallest absolute Gasteiger partial charge is 0.251 e. The van der Waals surface area contributed by atoms with Crippen LogP contribution in [0.3, 0.4) is 0 Å². The highest BCUT2D eigenvalue weighted by Crippen LogP contribution is 2.48. The molecule has 6 nitrogen and oxygen atoms in total. The van der Waals surface area contributed by atoms with Crippen molar-refractivity contribution in [3.63, 3.8) is 0 Å².